The van der Waals surface area contributed by atoms with Crippen molar-refractivity contribution in [1.82, 2.24) is 10.2 Å². The number of hydrogen-bond acceptors (Lipinski definition) is 8. The summed E-state index contributed by atoms with van der Waals surface area (Å²) in [5.41, 5.74) is 1.81. The minimum atomic E-state index is -0.448. The molecule has 0 fully saturated rings. The minimum Gasteiger partial charge on any atom is -0.465 e. The molecule has 0 spiro atoms. The van der Waals surface area contributed by atoms with E-state index in [1.807, 2.05) is 0 Å². The average Bonchev–Trinajstić information content (AvgIpc) is 3.20. The molecule has 1 aromatic heterocycles. The Labute approximate surface area is 170 Å². The van der Waals surface area contributed by atoms with Gasteiger partial charge in [0.1, 0.15) is 12.4 Å². The van der Waals surface area contributed by atoms with Gasteiger partial charge in [0.05, 0.1) is 12.7 Å². The molecule has 0 unspecified atom stereocenters. The zero-order valence-corrected chi connectivity index (χ0v) is 16.3. The molecule has 3 rings (SSSR count). The van der Waals surface area contributed by atoms with Gasteiger partial charge in [0.15, 0.2) is 0 Å². The zero-order chi connectivity index (χ0) is 19.9. The first-order chi connectivity index (χ1) is 13.5. The molecule has 0 aliphatic rings. The van der Waals surface area contributed by atoms with Gasteiger partial charge in [-0.3, -0.25) is 4.79 Å². The van der Waals surface area contributed by atoms with Crippen molar-refractivity contribution < 1.29 is 23.5 Å². The van der Waals surface area contributed by atoms with Crippen LogP contribution in [0.4, 0.5) is 0 Å². The standard InChI is InChI=1S/C19H15ClN2O5S/c1-25-18(24)14-4-2-3-12(9-14)10-26-16(23)11-28-19-22-21-17(27-19)13-5-7-15(20)8-6-13/h2-9H,10-11H2,1H3. The van der Waals surface area contributed by atoms with Crippen LogP contribution in [0, 0.1) is 0 Å². The lowest BCUT2D eigenvalue weighted by Gasteiger charge is -2.05. The predicted octanol–water partition coefficient (Wildman–Crippen LogP) is 4.01. The molecule has 0 radical (unpaired) electrons. The molecule has 0 saturated heterocycles. The number of methoxy groups -OCH3 is 1. The van der Waals surface area contributed by atoms with Gasteiger partial charge in [0, 0.05) is 10.6 Å². The normalized spacial score (nSPS) is 10.5. The molecule has 0 aliphatic carbocycles. The molecule has 144 valence electrons. The number of nitrogens with zero attached hydrogens (tertiary/aromatic N) is 2. The molecule has 0 saturated carbocycles. The maximum atomic E-state index is 11.9. The minimum absolute atomic E-state index is 0.0128. The van der Waals surface area contributed by atoms with Crippen LogP contribution >= 0.6 is 23.4 Å². The topological polar surface area (TPSA) is 91.5 Å². The van der Waals surface area contributed by atoms with Crippen LogP contribution in [0.3, 0.4) is 0 Å². The van der Waals surface area contributed by atoms with Crippen molar-refractivity contribution in [2.24, 2.45) is 0 Å². The molecule has 28 heavy (non-hydrogen) atoms. The largest absolute Gasteiger partial charge is 0.465 e. The van der Waals surface area contributed by atoms with Gasteiger partial charge in [-0.25, -0.2) is 4.79 Å². The Morgan fingerprint density at radius 2 is 1.93 bits per heavy atom. The predicted molar refractivity (Wildman–Crippen MR) is 103 cm³/mol. The van der Waals surface area contributed by atoms with Crippen LogP contribution < -0.4 is 0 Å². The van der Waals surface area contributed by atoms with Gasteiger partial charge in [0.2, 0.25) is 5.89 Å². The number of benzene rings is 2. The molecule has 9 heteroatoms. The number of hydrogen-bond donors (Lipinski definition) is 0. The van der Waals surface area contributed by atoms with Gasteiger partial charge in [0.25, 0.3) is 5.22 Å². The van der Waals surface area contributed by atoms with Crippen molar-refractivity contribution in [3.8, 4) is 11.5 Å². The van der Waals surface area contributed by atoms with E-state index in [2.05, 4.69) is 14.9 Å². The molecule has 3 aromatic rings. The van der Waals surface area contributed by atoms with Crippen LogP contribution in [-0.4, -0.2) is 35.0 Å². The van der Waals surface area contributed by atoms with Crippen molar-refractivity contribution in [3.63, 3.8) is 0 Å². The summed E-state index contributed by atoms with van der Waals surface area (Å²) in [5, 5.41) is 8.71. The van der Waals surface area contributed by atoms with E-state index in [9.17, 15) is 9.59 Å². The van der Waals surface area contributed by atoms with E-state index in [0.717, 1.165) is 17.3 Å². The molecule has 0 bridgehead atoms. The molecule has 0 N–H and O–H groups in total. The van der Waals surface area contributed by atoms with E-state index < -0.39 is 11.9 Å². The maximum Gasteiger partial charge on any atom is 0.337 e. The van der Waals surface area contributed by atoms with Crippen molar-refractivity contribution in [3.05, 3.63) is 64.7 Å². The molecule has 0 atom stereocenters. The van der Waals surface area contributed by atoms with Gasteiger partial charge in [-0.2, -0.15) is 0 Å². The first kappa shape index (κ1) is 19.9. The van der Waals surface area contributed by atoms with Crippen LogP contribution in [0.15, 0.2) is 58.2 Å². The fourth-order valence-electron chi connectivity index (χ4n) is 2.21. The molecule has 0 aliphatic heterocycles. The van der Waals surface area contributed by atoms with Crippen LogP contribution in [0.1, 0.15) is 15.9 Å². The Morgan fingerprint density at radius 3 is 2.68 bits per heavy atom. The Hall–Kier alpha value is -2.84. The molecule has 0 amide bonds. The van der Waals surface area contributed by atoms with E-state index in [-0.39, 0.29) is 17.6 Å². The summed E-state index contributed by atoms with van der Waals surface area (Å²) in [6.07, 6.45) is 0. The highest BCUT2D eigenvalue weighted by Gasteiger charge is 2.13. The highest BCUT2D eigenvalue weighted by atomic mass is 35.5. The molecular weight excluding hydrogens is 404 g/mol. The van der Waals surface area contributed by atoms with Gasteiger partial charge < -0.3 is 13.9 Å². The zero-order valence-electron chi connectivity index (χ0n) is 14.8. The number of aromatic nitrogens is 2. The van der Waals surface area contributed by atoms with E-state index in [0.29, 0.717) is 22.0 Å². The highest BCUT2D eigenvalue weighted by Crippen LogP contribution is 2.24. The van der Waals surface area contributed by atoms with Gasteiger partial charge in [-0.1, -0.05) is 35.5 Å². The summed E-state index contributed by atoms with van der Waals surface area (Å²) < 4.78 is 15.4. The van der Waals surface area contributed by atoms with E-state index in [4.69, 9.17) is 20.8 Å². The second kappa shape index (κ2) is 9.38. The lowest BCUT2D eigenvalue weighted by Crippen LogP contribution is -2.08. The number of carbonyl (C=O) groups excluding carboxylic acids is 2. The Bertz CT molecular complexity index is 974. The Morgan fingerprint density at radius 1 is 1.14 bits per heavy atom. The lowest BCUT2D eigenvalue weighted by atomic mass is 10.1. The molecular formula is C19H15ClN2O5S. The van der Waals surface area contributed by atoms with Crippen molar-refractivity contribution in [2.75, 3.05) is 12.9 Å². The Kier molecular flexibility index (Phi) is 6.67. The van der Waals surface area contributed by atoms with Crippen LogP contribution in [0.25, 0.3) is 11.5 Å². The summed E-state index contributed by atoms with van der Waals surface area (Å²) in [6.45, 7) is 0.0457. The summed E-state index contributed by atoms with van der Waals surface area (Å²) in [6, 6.07) is 13.7. The number of halogens is 1. The second-order valence-electron chi connectivity index (χ2n) is 5.52. The lowest BCUT2D eigenvalue weighted by molar-refractivity contribution is -0.141. The monoisotopic (exact) mass is 418 g/mol. The van der Waals surface area contributed by atoms with Crippen LogP contribution in [0.2, 0.25) is 5.02 Å². The molecule has 1 heterocycles. The van der Waals surface area contributed by atoms with Crippen LogP contribution in [0.5, 0.6) is 0 Å². The quantitative estimate of drug-likeness (QED) is 0.419. The SMILES string of the molecule is COC(=O)c1cccc(COC(=O)CSc2nnc(-c3ccc(Cl)cc3)o2)c1. The number of rotatable bonds is 7. The van der Waals surface area contributed by atoms with E-state index in [1.54, 1.807) is 48.5 Å². The summed E-state index contributed by atoms with van der Waals surface area (Å²) in [7, 11) is 1.31. The summed E-state index contributed by atoms with van der Waals surface area (Å²) in [4.78, 5) is 23.5. The van der Waals surface area contributed by atoms with E-state index >= 15 is 0 Å². The average molecular weight is 419 g/mol. The third-order valence-electron chi connectivity index (χ3n) is 3.56. The van der Waals surface area contributed by atoms with Crippen molar-refractivity contribution in [1.29, 1.82) is 0 Å². The van der Waals surface area contributed by atoms with Crippen molar-refractivity contribution >= 4 is 35.3 Å². The first-order valence-corrected chi connectivity index (χ1v) is 9.46. The number of thioether (sulfide) groups is 1. The van der Waals surface area contributed by atoms with E-state index in [1.165, 1.54) is 7.11 Å². The maximum absolute atomic E-state index is 11.9. The first-order valence-electron chi connectivity index (χ1n) is 8.10. The molecule has 7 nitrogen and oxygen atoms in total. The summed E-state index contributed by atoms with van der Waals surface area (Å²) in [5.74, 6) is -0.539. The third kappa shape index (κ3) is 5.34. The number of ether oxygens (including phenoxy) is 2. The van der Waals surface area contributed by atoms with Crippen molar-refractivity contribution in [2.45, 2.75) is 11.8 Å². The number of carbonyl (C=O) groups is 2. The highest BCUT2D eigenvalue weighted by molar-refractivity contribution is 7.99. The fourth-order valence-corrected chi connectivity index (χ4v) is 2.90. The van der Waals surface area contributed by atoms with Gasteiger partial charge in [-0.05, 0) is 42.0 Å². The van der Waals surface area contributed by atoms with Gasteiger partial charge >= 0.3 is 11.9 Å². The Balaban J connectivity index is 1.50. The smallest absolute Gasteiger partial charge is 0.337 e. The van der Waals surface area contributed by atoms with Crippen LogP contribution in [-0.2, 0) is 20.9 Å². The second-order valence-corrected chi connectivity index (χ2v) is 6.88. The third-order valence-corrected chi connectivity index (χ3v) is 4.60. The van der Waals surface area contributed by atoms with Gasteiger partial charge in [-0.15, -0.1) is 10.2 Å². The summed E-state index contributed by atoms with van der Waals surface area (Å²) >= 11 is 6.93. The molecule has 2 aromatic carbocycles. The number of esters is 2. The fraction of sp³-hybridized carbons (Fsp3) is 0.158.